The molecule has 274 valence electrons. The number of rotatable bonds is 9. The molecule has 4 aromatic carbocycles. The van der Waals surface area contributed by atoms with Crippen molar-refractivity contribution in [1.82, 2.24) is 0 Å². The van der Waals surface area contributed by atoms with Gasteiger partial charge in [0.05, 0.1) is 41.4 Å². The molecule has 2 fully saturated rings. The van der Waals surface area contributed by atoms with Gasteiger partial charge in [-0.15, -0.1) is 0 Å². The number of allylic oxidation sites excluding steroid dienone is 1. The summed E-state index contributed by atoms with van der Waals surface area (Å²) in [6.45, 7) is 0.0462. The normalized spacial score (nSPS) is 21.9. The van der Waals surface area contributed by atoms with Crippen LogP contribution >= 0.6 is 0 Å². The molecule has 4 atom stereocenters. The number of nitrogens with zero attached hydrogens (tertiary/aromatic N) is 1. The molecule has 0 saturated carbocycles. The van der Waals surface area contributed by atoms with Crippen molar-refractivity contribution in [3.05, 3.63) is 137 Å². The Hall–Kier alpha value is -5.36. The molecule has 0 aromatic heterocycles. The molecule has 1 aliphatic carbocycles. The van der Waals surface area contributed by atoms with Gasteiger partial charge in [0, 0.05) is 11.5 Å². The van der Waals surface area contributed by atoms with Crippen molar-refractivity contribution in [2.24, 2.45) is 17.8 Å². The maximum absolute atomic E-state index is 14.1. The van der Waals surface area contributed by atoms with E-state index in [-0.39, 0.29) is 31.5 Å². The topological polar surface area (TPSA) is 76.1 Å². The van der Waals surface area contributed by atoms with Crippen molar-refractivity contribution < 1.29 is 50.5 Å². The van der Waals surface area contributed by atoms with Crippen LogP contribution in [-0.2, 0) is 26.7 Å². The van der Waals surface area contributed by atoms with E-state index in [1.54, 1.807) is 42.5 Å². The summed E-state index contributed by atoms with van der Waals surface area (Å²) in [6.07, 6.45) is -8.05. The first-order valence-corrected chi connectivity index (χ1v) is 17.0. The molecule has 1 N–H and O–H groups in total. The highest BCUT2D eigenvalue weighted by molar-refractivity contribution is 6.22. The highest BCUT2D eigenvalue weighted by Gasteiger charge is 2.58. The van der Waals surface area contributed by atoms with Crippen molar-refractivity contribution in [2.45, 2.75) is 37.7 Å². The van der Waals surface area contributed by atoms with Gasteiger partial charge in [-0.1, -0.05) is 66.7 Å². The summed E-state index contributed by atoms with van der Waals surface area (Å²) < 4.78 is 95.1. The molecule has 12 heteroatoms. The van der Waals surface area contributed by atoms with Gasteiger partial charge in [0.2, 0.25) is 11.8 Å². The summed E-state index contributed by atoms with van der Waals surface area (Å²) >= 11 is 0. The van der Waals surface area contributed by atoms with Crippen LogP contribution in [0.2, 0.25) is 0 Å². The van der Waals surface area contributed by atoms with Gasteiger partial charge in [0.25, 0.3) is 0 Å². The largest absolute Gasteiger partial charge is 0.507 e. The van der Waals surface area contributed by atoms with E-state index in [4.69, 9.17) is 9.47 Å². The van der Waals surface area contributed by atoms with E-state index < -0.39 is 64.8 Å². The summed E-state index contributed by atoms with van der Waals surface area (Å²) in [6, 6.07) is 26.2. The second kappa shape index (κ2) is 14.2. The quantitative estimate of drug-likeness (QED) is 0.0804. The predicted octanol–water partition coefficient (Wildman–Crippen LogP) is 9.35. The Labute approximate surface area is 301 Å². The minimum atomic E-state index is -5.16. The number of amides is 2. The molecule has 3 aliphatic rings. The smallest absolute Gasteiger partial charge is 0.416 e. The minimum absolute atomic E-state index is 0.00856. The van der Waals surface area contributed by atoms with Gasteiger partial charge < -0.3 is 14.6 Å². The molecule has 7 rings (SSSR count). The molecule has 2 heterocycles. The summed E-state index contributed by atoms with van der Waals surface area (Å²) in [7, 11) is 0. The molecule has 6 nitrogen and oxygen atoms in total. The van der Waals surface area contributed by atoms with Gasteiger partial charge >= 0.3 is 12.4 Å². The molecule has 4 aromatic rings. The highest BCUT2D eigenvalue weighted by atomic mass is 19.4. The average Bonchev–Trinajstić information content (AvgIpc) is 3.67. The first-order chi connectivity index (χ1) is 25.3. The van der Waals surface area contributed by atoms with Crippen LogP contribution < -0.4 is 9.64 Å². The Bertz CT molecular complexity index is 2040. The first-order valence-electron chi connectivity index (χ1n) is 17.0. The number of hydrogen-bond acceptors (Lipinski definition) is 5. The van der Waals surface area contributed by atoms with Crippen molar-refractivity contribution in [1.29, 1.82) is 0 Å². The molecule has 2 saturated heterocycles. The van der Waals surface area contributed by atoms with Crippen molar-refractivity contribution in [2.75, 3.05) is 18.1 Å². The van der Waals surface area contributed by atoms with Crippen molar-refractivity contribution in [3.8, 4) is 11.5 Å². The minimum Gasteiger partial charge on any atom is -0.507 e. The number of fused-ring (bicyclic) bond motifs is 3. The first kappa shape index (κ1) is 36.0. The molecule has 2 aliphatic heterocycles. The predicted molar refractivity (Wildman–Crippen MR) is 184 cm³/mol. The Kier molecular flexibility index (Phi) is 9.67. The second-order valence-corrected chi connectivity index (χ2v) is 13.3. The van der Waals surface area contributed by atoms with E-state index >= 15 is 0 Å². The lowest BCUT2D eigenvalue weighted by atomic mass is 9.69. The number of benzene rings is 4. The molecule has 0 unspecified atom stereocenters. The van der Waals surface area contributed by atoms with Crippen LogP contribution in [0.4, 0.5) is 32.0 Å². The monoisotopic (exact) mass is 733 g/mol. The number of aromatic hydroxyl groups is 1. The van der Waals surface area contributed by atoms with Crippen molar-refractivity contribution >= 4 is 29.2 Å². The van der Waals surface area contributed by atoms with E-state index in [2.05, 4.69) is 0 Å². The number of halogens is 6. The summed E-state index contributed by atoms with van der Waals surface area (Å²) in [4.78, 5) is 28.5. The Morgan fingerprint density at radius 1 is 0.811 bits per heavy atom. The number of anilines is 1. The standard InChI is InChI=1S/C41H33F6NO5/c42-40(43,44)28-19-29(41(45,46)47)21-30(20-28)48-38(50)32-18-27(22-52-31-12-5-2-6-13-31)36-33(37(32)39(48)51)23-53-35(36)16-15-25(24-9-3-1-4-10-24)17-26-11-7-8-14-34(26)49/h1-14,17,19-21,32-33,35,37,49H,15-16,18,22-23H2/b25-17-/t32-,33+,35-,37-/m1/s1. The number of phenols is 1. The van der Waals surface area contributed by atoms with Crippen molar-refractivity contribution in [3.63, 3.8) is 0 Å². The van der Waals surface area contributed by atoms with E-state index in [0.29, 0.717) is 46.8 Å². The average molecular weight is 734 g/mol. The fourth-order valence-corrected chi connectivity index (χ4v) is 7.65. The number of carbonyl (C=O) groups is 2. The van der Waals surface area contributed by atoms with Crippen LogP contribution in [-0.4, -0.2) is 36.2 Å². The maximum Gasteiger partial charge on any atom is 0.416 e. The molecule has 0 radical (unpaired) electrons. The maximum atomic E-state index is 14.1. The van der Waals surface area contributed by atoms with Gasteiger partial charge in [-0.2, -0.15) is 26.3 Å². The summed E-state index contributed by atoms with van der Waals surface area (Å²) in [5.41, 5.74) is -0.144. The van der Waals surface area contributed by atoms with Gasteiger partial charge in [0.1, 0.15) is 18.1 Å². The summed E-state index contributed by atoms with van der Waals surface area (Å²) in [5.74, 6) is -3.85. The number of phenolic OH excluding ortho intramolecular Hbond substituents is 1. The highest BCUT2D eigenvalue weighted by Crippen LogP contribution is 2.51. The van der Waals surface area contributed by atoms with Crippen LogP contribution in [0.3, 0.4) is 0 Å². The van der Waals surface area contributed by atoms with Crippen LogP contribution in [0.25, 0.3) is 11.6 Å². The molecular weight excluding hydrogens is 700 g/mol. The zero-order chi connectivity index (χ0) is 37.5. The lowest BCUT2D eigenvalue weighted by Gasteiger charge is -2.31. The molecule has 2 amide bonds. The molecule has 0 bridgehead atoms. The van der Waals surface area contributed by atoms with Gasteiger partial charge in [0.15, 0.2) is 0 Å². The molecule has 53 heavy (non-hydrogen) atoms. The number of hydrogen-bond donors (Lipinski definition) is 1. The lowest BCUT2D eigenvalue weighted by molar-refractivity contribution is -0.143. The fourth-order valence-electron chi connectivity index (χ4n) is 7.65. The Morgan fingerprint density at radius 3 is 2.08 bits per heavy atom. The third-order valence-corrected chi connectivity index (χ3v) is 10.1. The zero-order valence-corrected chi connectivity index (χ0v) is 28.0. The Balaban J connectivity index is 1.23. The zero-order valence-electron chi connectivity index (χ0n) is 28.0. The third kappa shape index (κ3) is 7.33. The van der Waals surface area contributed by atoms with Crippen LogP contribution in [0.15, 0.2) is 114 Å². The number of alkyl halides is 6. The third-order valence-electron chi connectivity index (χ3n) is 10.1. The van der Waals surface area contributed by atoms with Gasteiger partial charge in [-0.3, -0.25) is 9.59 Å². The Morgan fingerprint density at radius 2 is 1.43 bits per heavy atom. The number of para-hydroxylation sites is 2. The number of carbonyl (C=O) groups excluding carboxylic acids is 2. The lowest BCUT2D eigenvalue weighted by Crippen LogP contribution is -2.35. The number of ether oxygens (including phenoxy) is 2. The van der Waals surface area contributed by atoms with E-state index in [1.165, 1.54) is 0 Å². The summed E-state index contributed by atoms with van der Waals surface area (Å²) in [5, 5.41) is 10.5. The van der Waals surface area contributed by atoms with Gasteiger partial charge in [-0.05, 0) is 84.0 Å². The van der Waals surface area contributed by atoms with E-state index in [1.807, 2.05) is 48.5 Å². The second-order valence-electron chi connectivity index (χ2n) is 13.3. The SMILES string of the molecule is O=C1[C@@H]2[C@@H](CC(COc3ccccc3)=C3[C@@H](CC/C(=C/c4ccccc4O)c4ccccc4)OC[C@@H]32)C(=O)N1c1cc(C(F)(F)F)cc(C(F)(F)F)c1. The fraction of sp³-hybridized carbons (Fsp3) is 0.268. The van der Waals surface area contributed by atoms with Crippen LogP contribution in [0, 0.1) is 17.8 Å². The van der Waals surface area contributed by atoms with E-state index in [0.717, 1.165) is 16.7 Å². The van der Waals surface area contributed by atoms with Gasteiger partial charge in [-0.25, -0.2) is 4.90 Å². The molecular formula is C41H33F6NO5. The van der Waals surface area contributed by atoms with Crippen LogP contribution in [0.5, 0.6) is 11.5 Å². The van der Waals surface area contributed by atoms with E-state index in [9.17, 15) is 41.0 Å². The number of imide groups is 1. The van der Waals surface area contributed by atoms with Crippen LogP contribution in [0.1, 0.15) is 41.5 Å². The molecule has 0 spiro atoms.